The van der Waals surface area contributed by atoms with Crippen molar-refractivity contribution in [1.82, 2.24) is 4.31 Å². The summed E-state index contributed by atoms with van der Waals surface area (Å²) in [6, 6.07) is 12.4. The van der Waals surface area contributed by atoms with Crippen LogP contribution in [0.2, 0.25) is 0 Å². The van der Waals surface area contributed by atoms with Crippen molar-refractivity contribution in [3.8, 4) is 5.75 Å². The molecule has 1 fully saturated rings. The van der Waals surface area contributed by atoms with Gasteiger partial charge in [-0.2, -0.15) is 4.31 Å². The van der Waals surface area contributed by atoms with Crippen LogP contribution < -0.4 is 9.64 Å². The van der Waals surface area contributed by atoms with E-state index in [1.807, 2.05) is 6.07 Å². The van der Waals surface area contributed by atoms with Crippen LogP contribution in [0.5, 0.6) is 5.75 Å². The largest absolute Gasteiger partial charge is 0.477 e. The quantitative estimate of drug-likeness (QED) is 0.447. The van der Waals surface area contributed by atoms with Gasteiger partial charge in [0.2, 0.25) is 10.0 Å². The highest BCUT2D eigenvalue weighted by atomic mass is 32.2. The number of nitrogens with zero attached hydrogens (tertiary/aromatic N) is 3. The van der Waals surface area contributed by atoms with Gasteiger partial charge in [0.25, 0.3) is 5.91 Å². The smallest absolute Gasteiger partial charge is 0.312 e. The maximum atomic E-state index is 12.8. The van der Waals surface area contributed by atoms with Gasteiger partial charge in [-0.15, -0.1) is 0 Å². The van der Waals surface area contributed by atoms with Crippen LogP contribution in [0.25, 0.3) is 0 Å². The molecule has 166 valence electrons. The number of amides is 1. The third kappa shape index (κ3) is 5.19. The lowest BCUT2D eigenvalue weighted by Crippen LogP contribution is -2.40. The Morgan fingerprint density at radius 1 is 1.19 bits per heavy atom. The third-order valence-corrected chi connectivity index (χ3v) is 6.67. The predicted octanol–water partition coefficient (Wildman–Crippen LogP) is 2.05. The number of carbonyl (C=O) groups excluding carboxylic acids is 1. The molecule has 1 aliphatic rings. The molecule has 0 aromatic heterocycles. The molecular weight excluding hydrogens is 426 g/mol. The number of likely N-dealkylation sites (N-methyl/N-ethyl adjacent to an activating group) is 1. The molecule has 0 atom stereocenters. The number of hydrogen-bond acceptors (Lipinski definition) is 7. The van der Waals surface area contributed by atoms with Crippen LogP contribution in [0, 0.1) is 10.1 Å². The van der Waals surface area contributed by atoms with Crippen molar-refractivity contribution in [2.45, 2.75) is 11.8 Å². The van der Waals surface area contributed by atoms with Crippen LogP contribution in [0.4, 0.5) is 11.4 Å². The minimum Gasteiger partial charge on any atom is -0.477 e. The van der Waals surface area contributed by atoms with Gasteiger partial charge in [0, 0.05) is 31.4 Å². The van der Waals surface area contributed by atoms with Crippen LogP contribution in [0.3, 0.4) is 0 Å². The molecular formula is C20H23N3O7S. The molecule has 0 saturated carbocycles. The molecule has 3 rings (SSSR count). The fraction of sp³-hybridized carbons (Fsp3) is 0.350. The lowest BCUT2D eigenvalue weighted by atomic mass is 10.3. The summed E-state index contributed by atoms with van der Waals surface area (Å²) in [5.74, 6) is -0.559. The Bertz CT molecular complexity index is 1040. The Morgan fingerprint density at radius 2 is 1.87 bits per heavy atom. The molecule has 2 aromatic carbocycles. The second kappa shape index (κ2) is 9.86. The van der Waals surface area contributed by atoms with E-state index >= 15 is 0 Å². The van der Waals surface area contributed by atoms with Crippen molar-refractivity contribution in [3.05, 3.63) is 58.6 Å². The number of hydrogen-bond donors (Lipinski definition) is 0. The van der Waals surface area contributed by atoms with Crippen molar-refractivity contribution >= 4 is 27.3 Å². The number of nitro groups is 1. The Balaban J connectivity index is 1.79. The maximum Gasteiger partial charge on any atom is 0.312 e. The van der Waals surface area contributed by atoms with Crippen LogP contribution >= 0.6 is 0 Å². The van der Waals surface area contributed by atoms with Gasteiger partial charge in [0.15, 0.2) is 12.4 Å². The molecule has 1 heterocycles. The van der Waals surface area contributed by atoms with Gasteiger partial charge in [-0.1, -0.05) is 18.2 Å². The molecule has 1 saturated heterocycles. The van der Waals surface area contributed by atoms with E-state index in [1.165, 1.54) is 21.3 Å². The Labute approximate surface area is 180 Å². The molecule has 2 aromatic rings. The molecule has 0 N–H and O–H groups in total. The summed E-state index contributed by atoms with van der Waals surface area (Å²) in [6.07, 6.45) is 0. The molecule has 0 bridgehead atoms. The van der Waals surface area contributed by atoms with Crippen LogP contribution in [0.1, 0.15) is 6.92 Å². The van der Waals surface area contributed by atoms with Crippen molar-refractivity contribution in [2.75, 3.05) is 44.4 Å². The summed E-state index contributed by atoms with van der Waals surface area (Å²) in [5.41, 5.74) is 0.157. The van der Waals surface area contributed by atoms with Gasteiger partial charge in [0.05, 0.1) is 23.0 Å². The predicted molar refractivity (Wildman–Crippen MR) is 113 cm³/mol. The van der Waals surface area contributed by atoms with Crippen LogP contribution in [-0.2, 0) is 19.6 Å². The molecule has 1 aliphatic heterocycles. The third-order valence-electron chi connectivity index (χ3n) is 4.77. The number of sulfonamides is 1. The second-order valence-electron chi connectivity index (χ2n) is 6.67. The number of para-hydroxylation sites is 1. The van der Waals surface area contributed by atoms with Gasteiger partial charge < -0.3 is 14.4 Å². The van der Waals surface area contributed by atoms with Crippen LogP contribution in [-0.4, -0.2) is 63.0 Å². The molecule has 31 heavy (non-hydrogen) atoms. The van der Waals surface area contributed by atoms with Gasteiger partial charge in [-0.3, -0.25) is 14.9 Å². The minimum absolute atomic E-state index is 0.176. The van der Waals surface area contributed by atoms with E-state index in [2.05, 4.69) is 0 Å². The average Bonchev–Trinajstić information content (AvgIpc) is 2.79. The molecule has 11 heteroatoms. The molecule has 0 radical (unpaired) electrons. The number of ether oxygens (including phenoxy) is 2. The molecule has 0 unspecified atom stereocenters. The van der Waals surface area contributed by atoms with Gasteiger partial charge in [-0.25, -0.2) is 8.42 Å². The van der Waals surface area contributed by atoms with Crippen molar-refractivity contribution in [1.29, 1.82) is 0 Å². The standard InChI is InChI=1S/C20H23N3O7S/c1-2-22(16-6-4-3-5-7-16)20(24)15-30-19-9-8-17(14-18(19)23(25)26)31(27,28)21-10-12-29-13-11-21/h3-9,14H,2,10-13,15H2,1H3. The average molecular weight is 449 g/mol. The molecule has 10 nitrogen and oxygen atoms in total. The Hall–Kier alpha value is -3.02. The highest BCUT2D eigenvalue weighted by Crippen LogP contribution is 2.31. The number of nitro benzene ring substituents is 1. The van der Waals surface area contributed by atoms with E-state index in [9.17, 15) is 23.3 Å². The summed E-state index contributed by atoms with van der Waals surface area (Å²) in [6.45, 7) is 2.65. The lowest BCUT2D eigenvalue weighted by molar-refractivity contribution is -0.386. The minimum atomic E-state index is -3.90. The van der Waals surface area contributed by atoms with Crippen molar-refractivity contribution in [2.24, 2.45) is 0 Å². The normalized spacial score (nSPS) is 14.7. The zero-order chi connectivity index (χ0) is 22.4. The monoisotopic (exact) mass is 449 g/mol. The lowest BCUT2D eigenvalue weighted by Gasteiger charge is -2.26. The SMILES string of the molecule is CCN(C(=O)COc1ccc(S(=O)(=O)N2CCOCC2)cc1[N+](=O)[O-])c1ccccc1. The van der Waals surface area contributed by atoms with E-state index in [4.69, 9.17) is 9.47 Å². The number of morpholine rings is 1. The van der Waals surface area contributed by atoms with E-state index in [0.717, 1.165) is 6.07 Å². The first kappa shape index (κ1) is 22.7. The van der Waals surface area contributed by atoms with Crippen molar-refractivity contribution in [3.63, 3.8) is 0 Å². The summed E-state index contributed by atoms with van der Waals surface area (Å²) in [4.78, 5) is 24.7. The van der Waals surface area contributed by atoms with E-state index in [1.54, 1.807) is 31.2 Å². The Morgan fingerprint density at radius 3 is 2.48 bits per heavy atom. The molecule has 0 spiro atoms. The van der Waals surface area contributed by atoms with E-state index < -0.39 is 27.2 Å². The van der Waals surface area contributed by atoms with Crippen molar-refractivity contribution < 1.29 is 27.6 Å². The summed E-state index contributed by atoms with van der Waals surface area (Å²) in [7, 11) is -3.90. The van der Waals surface area contributed by atoms with E-state index in [-0.39, 0.29) is 42.9 Å². The van der Waals surface area contributed by atoms with Gasteiger partial charge in [0.1, 0.15) is 0 Å². The first-order valence-corrected chi connectivity index (χ1v) is 11.1. The topological polar surface area (TPSA) is 119 Å². The molecule has 1 amide bonds. The second-order valence-corrected chi connectivity index (χ2v) is 8.60. The van der Waals surface area contributed by atoms with Crippen LogP contribution in [0.15, 0.2) is 53.4 Å². The maximum absolute atomic E-state index is 12.8. The Kier molecular flexibility index (Phi) is 7.21. The fourth-order valence-corrected chi connectivity index (χ4v) is 4.62. The number of rotatable bonds is 8. The number of anilines is 1. The summed E-state index contributed by atoms with van der Waals surface area (Å²) >= 11 is 0. The first-order chi connectivity index (χ1) is 14.8. The van der Waals surface area contributed by atoms with Gasteiger partial charge in [-0.05, 0) is 31.2 Å². The summed E-state index contributed by atoms with van der Waals surface area (Å²) < 4.78 is 37.3. The number of carbonyl (C=O) groups is 1. The highest BCUT2D eigenvalue weighted by Gasteiger charge is 2.29. The van der Waals surface area contributed by atoms with E-state index in [0.29, 0.717) is 12.2 Å². The number of benzene rings is 2. The highest BCUT2D eigenvalue weighted by molar-refractivity contribution is 7.89. The summed E-state index contributed by atoms with van der Waals surface area (Å²) in [5, 5.41) is 11.5. The first-order valence-electron chi connectivity index (χ1n) is 9.69. The van der Waals surface area contributed by atoms with Gasteiger partial charge >= 0.3 is 5.69 Å². The fourth-order valence-electron chi connectivity index (χ4n) is 3.19. The molecule has 0 aliphatic carbocycles. The zero-order valence-corrected chi connectivity index (χ0v) is 17.8. The zero-order valence-electron chi connectivity index (χ0n) is 17.0.